The summed E-state index contributed by atoms with van der Waals surface area (Å²) >= 11 is 5.94. The molecule has 1 aromatic heterocycles. The zero-order valence-corrected chi connectivity index (χ0v) is 11.0. The number of halogens is 1. The van der Waals surface area contributed by atoms with Gasteiger partial charge in [-0.2, -0.15) is 4.98 Å². The number of nitrogens with two attached hydrogens (primary N) is 1. The smallest absolute Gasteiger partial charge is 0.229 e. The van der Waals surface area contributed by atoms with Gasteiger partial charge in [-0.05, 0) is 18.2 Å². The second kappa shape index (κ2) is 5.03. The Morgan fingerprint density at radius 3 is 3.05 bits per heavy atom. The topological polar surface area (TPSA) is 75.9 Å². The van der Waals surface area contributed by atoms with Gasteiger partial charge in [0.15, 0.2) is 0 Å². The molecule has 6 heteroatoms. The van der Waals surface area contributed by atoms with Crippen molar-refractivity contribution in [3.8, 4) is 0 Å². The molecule has 98 valence electrons. The van der Waals surface area contributed by atoms with E-state index in [1.807, 2.05) is 24.3 Å². The third-order valence-electron chi connectivity index (χ3n) is 3.05. The van der Waals surface area contributed by atoms with E-state index < -0.39 is 0 Å². The molecule has 2 heterocycles. The van der Waals surface area contributed by atoms with E-state index in [0.29, 0.717) is 16.8 Å². The number of hydrogen-bond acceptors (Lipinski definition) is 5. The molecule has 0 bridgehead atoms. The van der Waals surface area contributed by atoms with Crippen LogP contribution in [0.4, 0.5) is 17.5 Å². The Morgan fingerprint density at radius 2 is 2.21 bits per heavy atom. The van der Waals surface area contributed by atoms with E-state index in [0.717, 1.165) is 36.5 Å². The average Bonchev–Trinajstić information content (AvgIpc) is 2.39. The number of nitrogen functional groups attached to an aromatic ring is 1. The molecule has 2 aromatic rings. The Hall–Kier alpha value is -1.85. The molecule has 0 unspecified atom stereocenters. The van der Waals surface area contributed by atoms with E-state index in [1.54, 1.807) is 0 Å². The van der Waals surface area contributed by atoms with Crippen molar-refractivity contribution in [1.29, 1.82) is 0 Å². The third-order valence-corrected chi connectivity index (χ3v) is 3.28. The number of hydrogen-bond donors (Lipinski definition) is 3. The summed E-state index contributed by atoms with van der Waals surface area (Å²) in [5, 5.41) is 7.06. The highest BCUT2D eigenvalue weighted by Crippen LogP contribution is 2.22. The fourth-order valence-corrected chi connectivity index (χ4v) is 2.31. The maximum atomic E-state index is 5.97. The molecule has 0 amide bonds. The van der Waals surface area contributed by atoms with E-state index in [1.165, 1.54) is 0 Å². The summed E-state index contributed by atoms with van der Waals surface area (Å²) in [4.78, 5) is 8.80. The maximum absolute atomic E-state index is 5.97. The zero-order chi connectivity index (χ0) is 13.2. The van der Waals surface area contributed by atoms with Gasteiger partial charge in [0.2, 0.25) is 5.95 Å². The first kappa shape index (κ1) is 12.2. The van der Waals surface area contributed by atoms with Gasteiger partial charge < -0.3 is 16.4 Å². The number of aromatic nitrogens is 2. The Balaban J connectivity index is 1.91. The normalized spacial score (nSPS) is 13.9. The first-order valence-corrected chi connectivity index (χ1v) is 6.49. The van der Waals surface area contributed by atoms with Crippen molar-refractivity contribution in [1.82, 2.24) is 15.3 Å². The summed E-state index contributed by atoms with van der Waals surface area (Å²) in [6.07, 6.45) is 0.867. The standard InChI is InChI=1S/C13H14ClN5/c14-8-2-1-3-9(6-8)17-13-18-11-4-5-16-7-10(11)12(15)19-13/h1-3,6,16H,4-5,7H2,(H3,15,17,18,19). The molecule has 5 nitrogen and oxygen atoms in total. The van der Waals surface area contributed by atoms with Gasteiger partial charge in [-0.1, -0.05) is 17.7 Å². The molecular weight excluding hydrogens is 262 g/mol. The second-order valence-corrected chi connectivity index (χ2v) is 4.86. The van der Waals surface area contributed by atoms with E-state index in [4.69, 9.17) is 17.3 Å². The van der Waals surface area contributed by atoms with E-state index in [2.05, 4.69) is 20.6 Å². The van der Waals surface area contributed by atoms with Gasteiger partial charge in [0.05, 0.1) is 5.69 Å². The van der Waals surface area contributed by atoms with Crippen LogP contribution in [0.3, 0.4) is 0 Å². The van der Waals surface area contributed by atoms with Crippen LogP contribution in [-0.2, 0) is 13.0 Å². The first-order chi connectivity index (χ1) is 9.22. The minimum atomic E-state index is 0.514. The molecular formula is C13H14ClN5. The van der Waals surface area contributed by atoms with Gasteiger partial charge in [-0.15, -0.1) is 0 Å². The van der Waals surface area contributed by atoms with Crippen LogP contribution in [0, 0.1) is 0 Å². The van der Waals surface area contributed by atoms with Crippen LogP contribution in [0.25, 0.3) is 0 Å². The van der Waals surface area contributed by atoms with Gasteiger partial charge in [0.1, 0.15) is 5.82 Å². The molecule has 19 heavy (non-hydrogen) atoms. The average molecular weight is 276 g/mol. The highest BCUT2D eigenvalue weighted by molar-refractivity contribution is 6.30. The Bertz CT molecular complexity index is 614. The summed E-state index contributed by atoms with van der Waals surface area (Å²) in [5.74, 6) is 1.04. The van der Waals surface area contributed by atoms with Crippen molar-refractivity contribution >= 4 is 29.1 Å². The number of benzene rings is 1. The van der Waals surface area contributed by atoms with Crippen molar-refractivity contribution in [2.24, 2.45) is 0 Å². The molecule has 0 fully saturated rings. The van der Waals surface area contributed by atoms with Crippen molar-refractivity contribution in [2.45, 2.75) is 13.0 Å². The molecule has 0 saturated carbocycles. The molecule has 1 aliphatic rings. The predicted molar refractivity (Wildman–Crippen MR) is 76.6 cm³/mol. The largest absolute Gasteiger partial charge is 0.383 e. The Labute approximate surface area is 116 Å². The van der Waals surface area contributed by atoms with Crippen LogP contribution in [0.15, 0.2) is 24.3 Å². The lowest BCUT2D eigenvalue weighted by atomic mass is 10.1. The van der Waals surface area contributed by atoms with Crippen molar-refractivity contribution in [3.05, 3.63) is 40.5 Å². The first-order valence-electron chi connectivity index (χ1n) is 6.11. The van der Waals surface area contributed by atoms with Gasteiger partial charge in [0, 0.05) is 35.8 Å². The molecule has 0 saturated heterocycles. The molecule has 0 spiro atoms. The molecule has 0 atom stereocenters. The number of nitrogens with zero attached hydrogens (tertiary/aromatic N) is 2. The van der Waals surface area contributed by atoms with E-state index in [9.17, 15) is 0 Å². The van der Waals surface area contributed by atoms with Gasteiger partial charge in [-0.3, -0.25) is 0 Å². The van der Waals surface area contributed by atoms with Crippen LogP contribution in [0.2, 0.25) is 5.02 Å². The van der Waals surface area contributed by atoms with Crippen LogP contribution < -0.4 is 16.4 Å². The van der Waals surface area contributed by atoms with E-state index in [-0.39, 0.29) is 0 Å². The highest BCUT2D eigenvalue weighted by Gasteiger charge is 2.15. The van der Waals surface area contributed by atoms with Gasteiger partial charge in [0.25, 0.3) is 0 Å². The zero-order valence-electron chi connectivity index (χ0n) is 10.3. The van der Waals surface area contributed by atoms with Crippen LogP contribution in [-0.4, -0.2) is 16.5 Å². The monoisotopic (exact) mass is 275 g/mol. The molecule has 4 N–H and O–H groups in total. The Kier molecular flexibility index (Phi) is 3.23. The summed E-state index contributed by atoms with van der Waals surface area (Å²) in [7, 11) is 0. The molecule has 0 aliphatic carbocycles. The minimum absolute atomic E-state index is 0.514. The number of anilines is 3. The second-order valence-electron chi connectivity index (χ2n) is 4.42. The molecule has 3 rings (SSSR count). The molecule has 0 radical (unpaired) electrons. The fraction of sp³-hybridized carbons (Fsp3) is 0.231. The van der Waals surface area contributed by atoms with Crippen molar-refractivity contribution in [3.63, 3.8) is 0 Å². The number of nitrogens with one attached hydrogen (secondary N) is 2. The molecule has 1 aliphatic heterocycles. The lowest BCUT2D eigenvalue weighted by Gasteiger charge is -2.18. The lowest BCUT2D eigenvalue weighted by molar-refractivity contribution is 0.629. The Morgan fingerprint density at radius 1 is 1.32 bits per heavy atom. The van der Waals surface area contributed by atoms with Gasteiger partial charge in [-0.25, -0.2) is 4.98 Å². The van der Waals surface area contributed by atoms with Crippen LogP contribution in [0.1, 0.15) is 11.3 Å². The summed E-state index contributed by atoms with van der Waals surface area (Å²) < 4.78 is 0. The van der Waals surface area contributed by atoms with Crippen LogP contribution >= 0.6 is 11.6 Å². The fourth-order valence-electron chi connectivity index (χ4n) is 2.12. The minimum Gasteiger partial charge on any atom is -0.383 e. The number of rotatable bonds is 2. The summed E-state index contributed by atoms with van der Waals surface area (Å²) in [6, 6.07) is 7.42. The quantitative estimate of drug-likeness (QED) is 0.783. The highest BCUT2D eigenvalue weighted by atomic mass is 35.5. The maximum Gasteiger partial charge on any atom is 0.229 e. The summed E-state index contributed by atoms with van der Waals surface area (Å²) in [5.41, 5.74) is 8.83. The van der Waals surface area contributed by atoms with Crippen LogP contribution in [0.5, 0.6) is 0 Å². The summed E-state index contributed by atoms with van der Waals surface area (Å²) in [6.45, 7) is 1.65. The predicted octanol–water partition coefficient (Wildman–Crippen LogP) is 2.10. The third kappa shape index (κ3) is 2.62. The number of fused-ring (bicyclic) bond motifs is 1. The van der Waals surface area contributed by atoms with Crippen molar-refractivity contribution < 1.29 is 0 Å². The van der Waals surface area contributed by atoms with Crippen molar-refractivity contribution in [2.75, 3.05) is 17.6 Å². The van der Waals surface area contributed by atoms with Gasteiger partial charge >= 0.3 is 0 Å². The molecule has 1 aromatic carbocycles. The SMILES string of the molecule is Nc1nc(Nc2cccc(Cl)c2)nc2c1CNCC2. The lowest BCUT2D eigenvalue weighted by Crippen LogP contribution is -2.26. The van der Waals surface area contributed by atoms with E-state index >= 15 is 0 Å².